The van der Waals surface area contributed by atoms with Crippen LogP contribution in [-0.2, 0) is 6.42 Å². The normalized spacial score (nSPS) is 10.7. The molecule has 0 aliphatic carbocycles. The van der Waals surface area contributed by atoms with Crippen LogP contribution in [0.1, 0.15) is 15.2 Å². The van der Waals surface area contributed by atoms with E-state index in [-0.39, 0.29) is 18.0 Å². The van der Waals surface area contributed by atoms with Crippen LogP contribution in [0.4, 0.5) is 8.78 Å². The molecule has 2 rings (SSSR count). The average molecular weight is 347 g/mol. The number of rotatable bonds is 5. The summed E-state index contributed by atoms with van der Waals surface area (Å²) < 4.78 is 29.1. The summed E-state index contributed by atoms with van der Waals surface area (Å²) >= 11 is 4.85. The van der Waals surface area contributed by atoms with Gasteiger partial charge in [0.25, 0.3) is 0 Å². The van der Waals surface area contributed by atoms with E-state index in [0.29, 0.717) is 5.56 Å². The number of ether oxygens (including phenoxy) is 1. The van der Waals surface area contributed by atoms with E-state index in [1.807, 2.05) is 11.4 Å². The van der Waals surface area contributed by atoms with Crippen molar-refractivity contribution < 1.29 is 18.3 Å². The maximum absolute atomic E-state index is 12.0. The molecule has 100 valence electrons. The Morgan fingerprint density at radius 1 is 1.26 bits per heavy atom. The van der Waals surface area contributed by atoms with Crippen LogP contribution in [0.15, 0.2) is 40.2 Å². The largest absolute Gasteiger partial charge is 0.435 e. The standard InChI is InChI=1S/C13H9BrF2O2S/c14-10-5-6-19-12(10)7-11(17)8-1-3-9(4-2-8)18-13(15)16/h1-6,13H,7H2. The molecule has 0 fully saturated rings. The first-order valence-corrected chi connectivity index (χ1v) is 7.03. The van der Waals surface area contributed by atoms with Gasteiger partial charge in [0.2, 0.25) is 0 Å². The van der Waals surface area contributed by atoms with Gasteiger partial charge in [-0.15, -0.1) is 11.3 Å². The summed E-state index contributed by atoms with van der Waals surface area (Å²) in [5, 5.41) is 1.90. The Bertz CT molecular complexity index is 566. The maximum Gasteiger partial charge on any atom is 0.387 e. The topological polar surface area (TPSA) is 26.3 Å². The first-order valence-electron chi connectivity index (χ1n) is 5.36. The van der Waals surface area contributed by atoms with Gasteiger partial charge in [-0.05, 0) is 51.6 Å². The van der Waals surface area contributed by atoms with Crippen LogP contribution in [0.2, 0.25) is 0 Å². The fraction of sp³-hybridized carbons (Fsp3) is 0.154. The van der Waals surface area contributed by atoms with Gasteiger partial charge in [0.1, 0.15) is 5.75 Å². The molecule has 6 heteroatoms. The van der Waals surface area contributed by atoms with Crippen molar-refractivity contribution in [2.75, 3.05) is 0 Å². The van der Waals surface area contributed by atoms with Gasteiger partial charge in [-0.3, -0.25) is 4.79 Å². The quantitative estimate of drug-likeness (QED) is 0.743. The maximum atomic E-state index is 12.0. The molecule has 0 saturated heterocycles. The van der Waals surface area contributed by atoms with E-state index >= 15 is 0 Å². The Kier molecular flexibility index (Phi) is 4.66. The lowest BCUT2D eigenvalue weighted by Gasteiger charge is -2.05. The highest BCUT2D eigenvalue weighted by Crippen LogP contribution is 2.24. The molecular weight excluding hydrogens is 338 g/mol. The molecule has 1 aromatic heterocycles. The summed E-state index contributed by atoms with van der Waals surface area (Å²) in [5.41, 5.74) is 0.474. The van der Waals surface area contributed by atoms with Crippen LogP contribution in [-0.4, -0.2) is 12.4 Å². The zero-order chi connectivity index (χ0) is 13.8. The molecule has 0 bridgehead atoms. The Labute approximate surface area is 121 Å². The molecule has 0 spiro atoms. The van der Waals surface area contributed by atoms with Gasteiger partial charge >= 0.3 is 6.61 Å². The van der Waals surface area contributed by atoms with Gasteiger partial charge in [0, 0.05) is 21.3 Å². The number of hydrogen-bond acceptors (Lipinski definition) is 3. The number of hydrogen-bond donors (Lipinski definition) is 0. The monoisotopic (exact) mass is 346 g/mol. The fourth-order valence-corrected chi connectivity index (χ4v) is 3.01. The second kappa shape index (κ2) is 6.25. The number of alkyl halides is 2. The fourth-order valence-electron chi connectivity index (χ4n) is 1.52. The van der Waals surface area contributed by atoms with Gasteiger partial charge in [0.05, 0.1) is 0 Å². The molecular formula is C13H9BrF2O2S. The summed E-state index contributed by atoms with van der Waals surface area (Å²) in [6.07, 6.45) is 0.285. The number of carbonyl (C=O) groups excluding carboxylic acids is 1. The number of carbonyl (C=O) groups is 1. The SMILES string of the molecule is O=C(Cc1sccc1Br)c1ccc(OC(F)F)cc1. The van der Waals surface area contributed by atoms with Crippen molar-refractivity contribution in [1.82, 2.24) is 0 Å². The molecule has 0 saturated carbocycles. The predicted octanol–water partition coefficient (Wildman–Crippen LogP) is 4.54. The zero-order valence-electron chi connectivity index (χ0n) is 9.61. The van der Waals surface area contributed by atoms with Crippen molar-refractivity contribution in [3.05, 3.63) is 50.6 Å². The van der Waals surface area contributed by atoms with Crippen LogP contribution < -0.4 is 4.74 Å². The molecule has 1 aromatic carbocycles. The van der Waals surface area contributed by atoms with Crippen molar-refractivity contribution in [2.45, 2.75) is 13.0 Å². The van der Waals surface area contributed by atoms with Gasteiger partial charge in [-0.25, -0.2) is 0 Å². The second-order valence-electron chi connectivity index (χ2n) is 3.69. The summed E-state index contributed by atoms with van der Waals surface area (Å²) in [5.74, 6) is -0.0180. The summed E-state index contributed by atoms with van der Waals surface area (Å²) in [7, 11) is 0. The predicted molar refractivity (Wildman–Crippen MR) is 73.1 cm³/mol. The van der Waals surface area contributed by atoms with E-state index in [1.54, 1.807) is 0 Å². The molecule has 2 nitrogen and oxygen atoms in total. The second-order valence-corrected chi connectivity index (χ2v) is 5.55. The van der Waals surface area contributed by atoms with Crippen LogP contribution in [0, 0.1) is 0 Å². The van der Waals surface area contributed by atoms with Crippen molar-refractivity contribution in [2.24, 2.45) is 0 Å². The van der Waals surface area contributed by atoms with Crippen molar-refractivity contribution in [3.63, 3.8) is 0 Å². The minimum atomic E-state index is -2.86. The first-order chi connectivity index (χ1) is 9.06. The van der Waals surface area contributed by atoms with Gasteiger partial charge in [-0.2, -0.15) is 8.78 Å². The number of thiophene rings is 1. The molecule has 0 aliphatic rings. The lowest BCUT2D eigenvalue weighted by Crippen LogP contribution is -2.04. The number of Topliss-reactive ketones (excluding diaryl/α,β-unsaturated/α-hetero) is 1. The third-order valence-corrected chi connectivity index (χ3v) is 4.34. The van der Waals surface area contributed by atoms with Crippen LogP contribution in [0.25, 0.3) is 0 Å². The zero-order valence-corrected chi connectivity index (χ0v) is 12.0. The average Bonchev–Trinajstić information content (AvgIpc) is 2.75. The summed E-state index contributed by atoms with van der Waals surface area (Å²) in [4.78, 5) is 12.9. The molecule has 2 aromatic rings. The van der Waals surface area contributed by atoms with Crippen LogP contribution in [0.5, 0.6) is 5.75 Å². The number of halogens is 3. The lowest BCUT2D eigenvalue weighted by molar-refractivity contribution is -0.0498. The van der Waals surface area contributed by atoms with E-state index in [4.69, 9.17) is 0 Å². The highest BCUT2D eigenvalue weighted by molar-refractivity contribution is 9.10. The minimum absolute atomic E-state index is 0.0452. The van der Waals surface area contributed by atoms with E-state index < -0.39 is 6.61 Å². The highest BCUT2D eigenvalue weighted by atomic mass is 79.9. The number of ketones is 1. The molecule has 0 aliphatic heterocycles. The Balaban J connectivity index is 2.05. The van der Waals surface area contributed by atoms with Gasteiger partial charge in [0.15, 0.2) is 5.78 Å². The molecule has 0 N–H and O–H groups in total. The van der Waals surface area contributed by atoms with Crippen molar-refractivity contribution in [3.8, 4) is 5.75 Å². The molecule has 0 radical (unpaired) electrons. The van der Waals surface area contributed by atoms with E-state index in [0.717, 1.165) is 9.35 Å². The molecule has 0 amide bonds. The Hall–Kier alpha value is -1.27. The summed E-state index contributed by atoms with van der Waals surface area (Å²) in [6.45, 7) is -2.86. The molecule has 19 heavy (non-hydrogen) atoms. The lowest BCUT2D eigenvalue weighted by atomic mass is 10.1. The third-order valence-electron chi connectivity index (χ3n) is 2.41. The van der Waals surface area contributed by atoms with E-state index in [1.165, 1.54) is 35.6 Å². The molecule has 0 atom stereocenters. The third kappa shape index (κ3) is 3.84. The van der Waals surface area contributed by atoms with Crippen molar-refractivity contribution >= 4 is 33.0 Å². The minimum Gasteiger partial charge on any atom is -0.435 e. The Morgan fingerprint density at radius 3 is 2.47 bits per heavy atom. The number of benzene rings is 1. The van der Waals surface area contributed by atoms with Crippen molar-refractivity contribution in [1.29, 1.82) is 0 Å². The van der Waals surface area contributed by atoms with Gasteiger partial charge in [-0.1, -0.05) is 0 Å². The Morgan fingerprint density at radius 2 is 1.95 bits per heavy atom. The molecule has 0 unspecified atom stereocenters. The van der Waals surface area contributed by atoms with Gasteiger partial charge < -0.3 is 4.74 Å². The van der Waals surface area contributed by atoms with E-state index in [2.05, 4.69) is 20.7 Å². The van der Waals surface area contributed by atoms with E-state index in [9.17, 15) is 13.6 Å². The van der Waals surface area contributed by atoms with Crippen LogP contribution in [0.3, 0.4) is 0 Å². The molecule has 1 heterocycles. The highest BCUT2D eigenvalue weighted by Gasteiger charge is 2.11. The smallest absolute Gasteiger partial charge is 0.387 e. The summed E-state index contributed by atoms with van der Waals surface area (Å²) in [6, 6.07) is 7.59. The van der Waals surface area contributed by atoms with Crippen LogP contribution >= 0.6 is 27.3 Å². The first kappa shape index (κ1) is 14.1.